The molecule has 0 aromatic carbocycles. The van der Waals surface area contributed by atoms with Gasteiger partial charge in [-0.2, -0.15) is 0 Å². The molecule has 13 nitrogen and oxygen atoms in total. The van der Waals surface area contributed by atoms with E-state index in [-0.39, 0.29) is 25.7 Å². The molecule has 13 heteroatoms. The first-order valence-electron chi connectivity index (χ1n) is 10.1. The fourth-order valence-electron chi connectivity index (χ4n) is 3.98. The number of ether oxygens (including phenoxy) is 5. The number of aliphatic hydroxyl groups is 4. The Kier molecular flexibility index (Phi) is 8.36. The lowest BCUT2D eigenvalue weighted by Crippen LogP contribution is -2.67. The van der Waals surface area contributed by atoms with Crippen molar-refractivity contribution in [2.75, 3.05) is 26.4 Å². The Bertz CT molecular complexity index is 547. The van der Waals surface area contributed by atoms with Crippen molar-refractivity contribution in [2.45, 2.75) is 79.9 Å². The van der Waals surface area contributed by atoms with Crippen LogP contribution >= 0.6 is 0 Å². The minimum atomic E-state index is -1.41. The molecule has 0 radical (unpaired) electrons. The molecule has 0 unspecified atom stereocenters. The quantitative estimate of drug-likeness (QED) is 0.194. The summed E-state index contributed by atoms with van der Waals surface area (Å²) < 4.78 is 28.1. The average molecular weight is 438 g/mol. The zero-order chi connectivity index (χ0) is 22.0. The molecule has 1 saturated carbocycles. The van der Waals surface area contributed by atoms with E-state index in [9.17, 15) is 20.4 Å². The Labute approximate surface area is 174 Å². The van der Waals surface area contributed by atoms with E-state index in [1.807, 2.05) is 0 Å². The van der Waals surface area contributed by atoms with E-state index in [2.05, 4.69) is 0 Å². The minimum absolute atomic E-state index is 0.152. The number of rotatable bonds is 6. The third kappa shape index (κ3) is 5.10. The van der Waals surface area contributed by atoms with Crippen LogP contribution in [0.2, 0.25) is 0 Å². The van der Waals surface area contributed by atoms with Crippen LogP contribution in [-0.4, -0.2) is 120 Å². The Morgan fingerprint density at radius 3 is 2.17 bits per heavy atom. The molecule has 0 aromatic heterocycles. The van der Waals surface area contributed by atoms with E-state index in [1.54, 1.807) is 0 Å². The van der Waals surface area contributed by atoms with Gasteiger partial charge in [0, 0.05) is 18.6 Å². The zero-order valence-electron chi connectivity index (χ0n) is 16.6. The summed E-state index contributed by atoms with van der Waals surface area (Å²) in [4.78, 5) is 0. The molecule has 3 fully saturated rings. The highest BCUT2D eigenvalue weighted by atomic mass is 16.7. The summed E-state index contributed by atoms with van der Waals surface area (Å²) in [6, 6.07) is -2.42. The fourth-order valence-corrected chi connectivity index (χ4v) is 3.98. The Balaban J connectivity index is 1.67. The van der Waals surface area contributed by atoms with Gasteiger partial charge < -0.3 is 67.0 Å². The van der Waals surface area contributed by atoms with Crippen LogP contribution in [0.25, 0.3) is 0 Å². The number of nitrogens with two attached hydrogens (primary N) is 4. The molecule has 12 atom stereocenters. The highest BCUT2D eigenvalue weighted by Crippen LogP contribution is 2.29. The fraction of sp³-hybridized carbons (Fsp3) is 1.00. The summed E-state index contributed by atoms with van der Waals surface area (Å²) in [5.41, 5.74) is 23.7. The second-order valence-corrected chi connectivity index (χ2v) is 8.00. The molecule has 0 aromatic rings. The van der Waals surface area contributed by atoms with Crippen LogP contribution in [0.5, 0.6) is 0 Å². The summed E-state index contributed by atoms with van der Waals surface area (Å²) >= 11 is 0. The SMILES string of the molecule is NC[C@H]1COC[C@H](O[C@H]2[C@H](O)[C@@H](O[C@H]3O[C@H](CO)[C@@H](O)[C@H](N)[C@H]3O)[C@H](N)C[C@@H]2N)O1. The van der Waals surface area contributed by atoms with Crippen molar-refractivity contribution < 1.29 is 44.1 Å². The van der Waals surface area contributed by atoms with Crippen LogP contribution in [0.1, 0.15) is 6.42 Å². The van der Waals surface area contributed by atoms with E-state index in [1.165, 1.54) is 0 Å². The van der Waals surface area contributed by atoms with Crippen molar-refractivity contribution in [1.29, 1.82) is 0 Å². The maximum Gasteiger partial charge on any atom is 0.186 e. The normalized spacial score (nSPS) is 50.4. The second kappa shape index (κ2) is 10.4. The Hall–Kier alpha value is -0.520. The van der Waals surface area contributed by atoms with Crippen molar-refractivity contribution in [2.24, 2.45) is 22.9 Å². The summed E-state index contributed by atoms with van der Waals surface area (Å²) in [6.45, 7) is 0.226. The molecule has 0 amide bonds. The van der Waals surface area contributed by atoms with E-state index >= 15 is 0 Å². The summed E-state index contributed by atoms with van der Waals surface area (Å²) in [6.07, 6.45) is -9.11. The lowest BCUT2D eigenvalue weighted by molar-refractivity contribution is -0.316. The van der Waals surface area contributed by atoms with Gasteiger partial charge in [-0.05, 0) is 6.42 Å². The molecule has 0 bridgehead atoms. The van der Waals surface area contributed by atoms with Gasteiger partial charge in [0.1, 0.15) is 36.6 Å². The molecule has 30 heavy (non-hydrogen) atoms. The topological polar surface area (TPSA) is 231 Å². The van der Waals surface area contributed by atoms with E-state index in [4.69, 9.17) is 46.6 Å². The van der Waals surface area contributed by atoms with Crippen molar-refractivity contribution in [3.8, 4) is 0 Å². The molecule has 12 N–H and O–H groups in total. The molecular weight excluding hydrogens is 404 g/mol. The average Bonchev–Trinajstić information content (AvgIpc) is 2.74. The summed E-state index contributed by atoms with van der Waals surface area (Å²) in [5.74, 6) is 0. The third-order valence-corrected chi connectivity index (χ3v) is 5.76. The van der Waals surface area contributed by atoms with E-state index in [0.29, 0.717) is 6.61 Å². The van der Waals surface area contributed by atoms with Gasteiger partial charge in [0.05, 0.1) is 32.0 Å². The van der Waals surface area contributed by atoms with Gasteiger partial charge in [0.2, 0.25) is 0 Å². The van der Waals surface area contributed by atoms with Crippen molar-refractivity contribution >= 4 is 0 Å². The van der Waals surface area contributed by atoms with Crippen LogP contribution in [0.4, 0.5) is 0 Å². The standard InChI is InChI=1S/C17H34N4O9/c18-2-6-4-26-5-10(27-6)29-15-7(19)1-8(20)16(14(15)25)30-17-13(24)11(21)12(23)9(3-22)28-17/h6-17,22-25H,1-5,18-21H2/t6-,7-,8+,9+,10-,11-,12+,13+,14-,15+,16-,17+/m0/s1. The summed E-state index contributed by atoms with van der Waals surface area (Å²) in [5, 5.41) is 40.5. The van der Waals surface area contributed by atoms with Gasteiger partial charge in [-0.3, -0.25) is 0 Å². The molecular formula is C17H34N4O9. The van der Waals surface area contributed by atoms with Crippen LogP contribution in [0.15, 0.2) is 0 Å². The lowest BCUT2D eigenvalue weighted by Gasteiger charge is -2.47. The monoisotopic (exact) mass is 438 g/mol. The third-order valence-electron chi connectivity index (χ3n) is 5.76. The Morgan fingerprint density at radius 1 is 0.867 bits per heavy atom. The molecule has 3 aliphatic rings. The number of hydrogen-bond donors (Lipinski definition) is 8. The molecule has 0 spiro atoms. The Morgan fingerprint density at radius 2 is 1.53 bits per heavy atom. The second-order valence-electron chi connectivity index (χ2n) is 8.00. The van der Waals surface area contributed by atoms with Crippen LogP contribution in [0.3, 0.4) is 0 Å². The lowest BCUT2D eigenvalue weighted by atomic mass is 9.84. The highest BCUT2D eigenvalue weighted by molar-refractivity contribution is 5.00. The van der Waals surface area contributed by atoms with Gasteiger partial charge in [0.25, 0.3) is 0 Å². The number of hydrogen-bond acceptors (Lipinski definition) is 13. The minimum Gasteiger partial charge on any atom is -0.394 e. The molecule has 2 aliphatic heterocycles. The van der Waals surface area contributed by atoms with Crippen molar-refractivity contribution in [1.82, 2.24) is 0 Å². The van der Waals surface area contributed by atoms with Gasteiger partial charge >= 0.3 is 0 Å². The molecule has 2 saturated heterocycles. The van der Waals surface area contributed by atoms with E-state index in [0.717, 1.165) is 0 Å². The molecule has 2 heterocycles. The van der Waals surface area contributed by atoms with Gasteiger partial charge in [-0.25, -0.2) is 0 Å². The molecule has 3 rings (SSSR count). The smallest absolute Gasteiger partial charge is 0.186 e. The predicted octanol–water partition coefficient (Wildman–Crippen LogP) is -5.36. The van der Waals surface area contributed by atoms with Crippen molar-refractivity contribution in [3.05, 3.63) is 0 Å². The first kappa shape index (κ1) is 24.1. The first-order chi connectivity index (χ1) is 14.3. The molecule has 176 valence electrons. The van der Waals surface area contributed by atoms with Crippen molar-refractivity contribution in [3.63, 3.8) is 0 Å². The van der Waals surface area contributed by atoms with Crippen LogP contribution < -0.4 is 22.9 Å². The maximum atomic E-state index is 10.9. The highest BCUT2D eigenvalue weighted by Gasteiger charge is 2.49. The first-order valence-corrected chi connectivity index (χ1v) is 10.1. The molecule has 1 aliphatic carbocycles. The van der Waals surface area contributed by atoms with Crippen LogP contribution in [-0.2, 0) is 23.7 Å². The summed E-state index contributed by atoms with van der Waals surface area (Å²) in [7, 11) is 0. The van der Waals surface area contributed by atoms with Gasteiger partial charge in [-0.1, -0.05) is 0 Å². The van der Waals surface area contributed by atoms with Gasteiger partial charge in [0.15, 0.2) is 12.6 Å². The largest absolute Gasteiger partial charge is 0.394 e. The van der Waals surface area contributed by atoms with E-state index < -0.39 is 73.9 Å². The van der Waals surface area contributed by atoms with Gasteiger partial charge in [-0.15, -0.1) is 0 Å². The maximum absolute atomic E-state index is 10.9. The van der Waals surface area contributed by atoms with Crippen LogP contribution in [0, 0.1) is 0 Å². The predicted molar refractivity (Wildman–Crippen MR) is 101 cm³/mol. The number of aliphatic hydroxyl groups excluding tert-OH is 4. The zero-order valence-corrected chi connectivity index (χ0v) is 16.6.